The van der Waals surface area contributed by atoms with Crippen molar-refractivity contribution in [2.75, 3.05) is 19.6 Å². The van der Waals surface area contributed by atoms with Gasteiger partial charge in [-0.3, -0.25) is 4.79 Å². The number of phenolic OH excluding ortho intramolecular Hbond substituents is 1. The Morgan fingerprint density at radius 3 is 3.00 bits per heavy atom. The number of aromatic hydroxyl groups is 1. The molecule has 0 radical (unpaired) electrons. The Bertz CT molecular complexity index is 434. The number of benzene rings is 1. The summed E-state index contributed by atoms with van der Waals surface area (Å²) in [6, 6.07) is 6.50. The van der Waals surface area contributed by atoms with Crippen LogP contribution in [0.5, 0.6) is 5.75 Å². The fraction of sp³-hybridized carbons (Fsp3) is 0.500. The Hall–Kier alpha value is -1.55. The largest absolute Gasteiger partial charge is 0.508 e. The first-order valence-corrected chi connectivity index (χ1v) is 6.40. The third kappa shape index (κ3) is 2.64. The van der Waals surface area contributed by atoms with Gasteiger partial charge in [-0.1, -0.05) is 13.0 Å². The molecule has 0 spiro atoms. The number of phenols is 1. The van der Waals surface area contributed by atoms with Crippen LogP contribution in [0.15, 0.2) is 24.3 Å². The molecular weight excluding hydrogens is 228 g/mol. The Balaban J connectivity index is 2.10. The normalized spacial score (nSPS) is 24.0. The molecule has 4 heteroatoms. The highest BCUT2D eigenvalue weighted by Crippen LogP contribution is 2.24. The number of carbonyl (C=O) groups is 1. The Labute approximate surface area is 107 Å². The van der Waals surface area contributed by atoms with E-state index < -0.39 is 0 Å². The highest BCUT2D eigenvalue weighted by molar-refractivity contribution is 5.94. The van der Waals surface area contributed by atoms with Crippen LogP contribution < -0.4 is 5.73 Å². The molecule has 0 aromatic heterocycles. The van der Waals surface area contributed by atoms with E-state index in [4.69, 9.17) is 5.73 Å². The average molecular weight is 248 g/mol. The van der Waals surface area contributed by atoms with Gasteiger partial charge in [-0.25, -0.2) is 0 Å². The molecule has 18 heavy (non-hydrogen) atoms. The maximum absolute atomic E-state index is 12.3. The van der Waals surface area contributed by atoms with Crippen molar-refractivity contribution < 1.29 is 9.90 Å². The number of amides is 1. The van der Waals surface area contributed by atoms with Crippen molar-refractivity contribution in [1.29, 1.82) is 0 Å². The van der Waals surface area contributed by atoms with Crippen molar-refractivity contribution in [2.24, 2.45) is 17.6 Å². The quantitative estimate of drug-likeness (QED) is 0.832. The first kappa shape index (κ1) is 12.9. The van der Waals surface area contributed by atoms with Crippen LogP contribution in [0.1, 0.15) is 23.7 Å². The lowest BCUT2D eigenvalue weighted by Crippen LogP contribution is -2.45. The van der Waals surface area contributed by atoms with E-state index in [-0.39, 0.29) is 11.7 Å². The molecule has 0 aliphatic carbocycles. The lowest BCUT2D eigenvalue weighted by Gasteiger charge is -2.36. The average Bonchev–Trinajstić information content (AvgIpc) is 2.38. The van der Waals surface area contributed by atoms with Crippen molar-refractivity contribution in [3.8, 4) is 5.75 Å². The zero-order chi connectivity index (χ0) is 13.1. The summed E-state index contributed by atoms with van der Waals surface area (Å²) in [5.41, 5.74) is 6.28. The van der Waals surface area contributed by atoms with E-state index in [1.165, 1.54) is 6.07 Å². The zero-order valence-electron chi connectivity index (χ0n) is 10.7. The molecule has 2 rings (SSSR count). The molecule has 3 N–H and O–H groups in total. The van der Waals surface area contributed by atoms with Gasteiger partial charge < -0.3 is 15.7 Å². The Morgan fingerprint density at radius 2 is 2.33 bits per heavy atom. The second kappa shape index (κ2) is 5.40. The molecule has 0 saturated carbocycles. The number of hydrogen-bond acceptors (Lipinski definition) is 3. The smallest absolute Gasteiger partial charge is 0.253 e. The van der Waals surface area contributed by atoms with Gasteiger partial charge in [0, 0.05) is 18.7 Å². The van der Waals surface area contributed by atoms with Crippen LogP contribution in [0.2, 0.25) is 0 Å². The van der Waals surface area contributed by atoms with Gasteiger partial charge in [-0.2, -0.15) is 0 Å². The van der Waals surface area contributed by atoms with Gasteiger partial charge in [-0.15, -0.1) is 0 Å². The molecule has 0 bridgehead atoms. The topological polar surface area (TPSA) is 66.6 Å². The molecule has 4 nitrogen and oxygen atoms in total. The van der Waals surface area contributed by atoms with Gasteiger partial charge in [0.15, 0.2) is 0 Å². The number of hydrogen-bond donors (Lipinski definition) is 2. The predicted octanol–water partition coefficient (Wildman–Crippen LogP) is 1.45. The summed E-state index contributed by atoms with van der Waals surface area (Å²) in [4.78, 5) is 14.1. The maximum atomic E-state index is 12.3. The standard InChI is InChI=1S/C14H20N2O2/c1-10-5-6-16(9-12(10)8-15)14(18)11-3-2-4-13(17)7-11/h2-4,7,10,12,17H,5-6,8-9,15H2,1H3. The van der Waals surface area contributed by atoms with E-state index in [0.717, 1.165) is 13.0 Å². The Kier molecular flexibility index (Phi) is 3.87. The summed E-state index contributed by atoms with van der Waals surface area (Å²) in [7, 11) is 0. The fourth-order valence-corrected chi connectivity index (χ4v) is 2.46. The zero-order valence-corrected chi connectivity index (χ0v) is 10.7. The molecule has 1 aromatic carbocycles. The summed E-state index contributed by atoms with van der Waals surface area (Å²) in [6.45, 7) is 4.29. The number of nitrogens with two attached hydrogens (primary N) is 1. The number of likely N-dealkylation sites (tertiary alicyclic amines) is 1. The highest BCUT2D eigenvalue weighted by atomic mass is 16.3. The number of rotatable bonds is 2. The van der Waals surface area contributed by atoms with E-state index in [2.05, 4.69) is 6.92 Å². The minimum Gasteiger partial charge on any atom is -0.508 e. The van der Waals surface area contributed by atoms with Crippen LogP contribution >= 0.6 is 0 Å². The summed E-state index contributed by atoms with van der Waals surface area (Å²) in [6.07, 6.45) is 0.992. The van der Waals surface area contributed by atoms with Gasteiger partial charge in [0.05, 0.1) is 0 Å². The van der Waals surface area contributed by atoms with Gasteiger partial charge in [0.2, 0.25) is 0 Å². The molecule has 2 atom stereocenters. The van der Waals surface area contributed by atoms with Gasteiger partial charge in [0.25, 0.3) is 5.91 Å². The van der Waals surface area contributed by atoms with Gasteiger partial charge >= 0.3 is 0 Å². The molecule has 1 aromatic rings. The molecule has 1 aliphatic rings. The summed E-state index contributed by atoms with van der Waals surface area (Å²) in [5, 5.41) is 9.41. The van der Waals surface area contributed by atoms with Crippen molar-refractivity contribution >= 4 is 5.91 Å². The predicted molar refractivity (Wildman–Crippen MR) is 70.3 cm³/mol. The molecule has 1 heterocycles. The maximum Gasteiger partial charge on any atom is 0.253 e. The van der Waals surface area contributed by atoms with Crippen LogP contribution in [0.3, 0.4) is 0 Å². The second-order valence-corrected chi connectivity index (χ2v) is 5.06. The number of piperidine rings is 1. The van der Waals surface area contributed by atoms with Gasteiger partial charge in [-0.05, 0) is 43.0 Å². The van der Waals surface area contributed by atoms with E-state index in [1.54, 1.807) is 18.2 Å². The molecule has 1 saturated heterocycles. The van der Waals surface area contributed by atoms with E-state index in [0.29, 0.717) is 30.5 Å². The van der Waals surface area contributed by atoms with Crippen molar-refractivity contribution in [2.45, 2.75) is 13.3 Å². The van der Waals surface area contributed by atoms with E-state index >= 15 is 0 Å². The molecule has 1 fully saturated rings. The van der Waals surface area contributed by atoms with E-state index in [1.807, 2.05) is 4.90 Å². The van der Waals surface area contributed by atoms with Crippen LogP contribution in [-0.2, 0) is 0 Å². The third-order valence-corrected chi connectivity index (χ3v) is 3.80. The third-order valence-electron chi connectivity index (χ3n) is 3.80. The SMILES string of the molecule is CC1CCN(C(=O)c2cccc(O)c2)CC1CN. The lowest BCUT2D eigenvalue weighted by molar-refractivity contribution is 0.0618. The second-order valence-electron chi connectivity index (χ2n) is 5.06. The minimum atomic E-state index is -0.0174. The van der Waals surface area contributed by atoms with Gasteiger partial charge in [0.1, 0.15) is 5.75 Å². The number of carbonyl (C=O) groups excluding carboxylic acids is 1. The highest BCUT2D eigenvalue weighted by Gasteiger charge is 2.28. The lowest BCUT2D eigenvalue weighted by atomic mass is 9.87. The monoisotopic (exact) mass is 248 g/mol. The summed E-state index contributed by atoms with van der Waals surface area (Å²) < 4.78 is 0. The first-order valence-electron chi connectivity index (χ1n) is 6.40. The minimum absolute atomic E-state index is 0.0174. The van der Waals surface area contributed by atoms with Crippen LogP contribution in [-0.4, -0.2) is 35.5 Å². The molecular formula is C14H20N2O2. The van der Waals surface area contributed by atoms with Crippen molar-refractivity contribution in [3.05, 3.63) is 29.8 Å². The fourth-order valence-electron chi connectivity index (χ4n) is 2.46. The van der Waals surface area contributed by atoms with Crippen LogP contribution in [0.25, 0.3) is 0 Å². The number of nitrogens with zero attached hydrogens (tertiary/aromatic N) is 1. The molecule has 1 amide bonds. The van der Waals surface area contributed by atoms with Crippen molar-refractivity contribution in [3.63, 3.8) is 0 Å². The van der Waals surface area contributed by atoms with Crippen LogP contribution in [0, 0.1) is 11.8 Å². The van der Waals surface area contributed by atoms with Crippen LogP contribution in [0.4, 0.5) is 0 Å². The first-order chi connectivity index (χ1) is 8.61. The summed E-state index contributed by atoms with van der Waals surface area (Å²) in [5.74, 6) is 1.06. The molecule has 98 valence electrons. The van der Waals surface area contributed by atoms with Crippen molar-refractivity contribution in [1.82, 2.24) is 4.90 Å². The van der Waals surface area contributed by atoms with E-state index in [9.17, 15) is 9.90 Å². The Morgan fingerprint density at radius 1 is 1.56 bits per heavy atom. The molecule has 1 aliphatic heterocycles. The summed E-state index contributed by atoms with van der Waals surface area (Å²) >= 11 is 0. The molecule has 2 unspecified atom stereocenters.